The number of aromatic nitrogens is 1. The first-order valence-corrected chi connectivity index (χ1v) is 7.25. The summed E-state index contributed by atoms with van der Waals surface area (Å²) in [6.45, 7) is 5.02. The van der Waals surface area contributed by atoms with Crippen LogP contribution in [0.5, 0.6) is 0 Å². The fraction of sp³-hybridized carbons (Fsp3) is 0.533. The quantitative estimate of drug-likeness (QED) is 0.863. The first-order valence-electron chi connectivity index (χ1n) is 7.25. The Kier molecular flexibility index (Phi) is 4.90. The number of rotatable bonds is 4. The maximum atomic E-state index is 12.3. The van der Waals surface area contributed by atoms with Crippen LogP contribution in [0.15, 0.2) is 18.2 Å². The third kappa shape index (κ3) is 4.01. The summed E-state index contributed by atoms with van der Waals surface area (Å²) >= 11 is 0. The van der Waals surface area contributed by atoms with E-state index in [1.54, 1.807) is 13.0 Å². The molecule has 0 saturated carbocycles. The fourth-order valence-corrected chi connectivity index (χ4v) is 2.59. The zero-order chi connectivity index (χ0) is 15.4. The molecule has 1 aromatic heterocycles. The summed E-state index contributed by atoms with van der Waals surface area (Å²) in [6.07, 6.45) is 1.70. The highest BCUT2D eigenvalue weighted by atomic mass is 16.2. The van der Waals surface area contributed by atoms with Crippen LogP contribution in [0.2, 0.25) is 0 Å². The van der Waals surface area contributed by atoms with E-state index < -0.39 is 0 Å². The number of carbonyl (C=O) groups excluding carboxylic acids is 2. The monoisotopic (exact) mass is 290 g/mol. The number of nitrogens with two attached hydrogens (primary N) is 1. The molecule has 2 atom stereocenters. The lowest BCUT2D eigenvalue weighted by Gasteiger charge is -2.34. The number of aryl methyl sites for hydroxylation is 1. The second kappa shape index (κ2) is 6.67. The molecular formula is C15H22N4O2. The highest BCUT2D eigenvalue weighted by Gasteiger charge is 2.30. The molecule has 21 heavy (non-hydrogen) atoms. The number of carbonyl (C=O) groups is 2. The van der Waals surface area contributed by atoms with E-state index in [2.05, 4.69) is 10.3 Å². The average Bonchev–Trinajstić information content (AvgIpc) is 2.46. The number of hydrogen-bond acceptors (Lipinski definition) is 4. The molecule has 0 aromatic carbocycles. The standard InChI is InChI=1S/C15H22N4O2/c1-10-5-3-7-13(17-10)18-15(21)12-6-4-8-19(9-12)11(2)14(16)20/h3,5,7,11-12H,4,6,8-9H2,1-2H3,(H2,16,20)(H,17,18,21)/t11-,12+/m1/s1. The molecule has 0 unspecified atom stereocenters. The van der Waals surface area contributed by atoms with Crippen molar-refractivity contribution in [2.45, 2.75) is 32.7 Å². The Balaban J connectivity index is 1.97. The highest BCUT2D eigenvalue weighted by Crippen LogP contribution is 2.20. The smallest absolute Gasteiger partial charge is 0.234 e. The second-order valence-corrected chi connectivity index (χ2v) is 5.57. The number of anilines is 1. The van der Waals surface area contributed by atoms with Crippen molar-refractivity contribution in [3.8, 4) is 0 Å². The molecule has 6 heteroatoms. The highest BCUT2D eigenvalue weighted by molar-refractivity contribution is 5.92. The van der Waals surface area contributed by atoms with Gasteiger partial charge in [-0.05, 0) is 45.4 Å². The summed E-state index contributed by atoms with van der Waals surface area (Å²) in [7, 11) is 0. The number of nitrogens with one attached hydrogen (secondary N) is 1. The summed E-state index contributed by atoms with van der Waals surface area (Å²) in [6, 6.07) is 5.18. The summed E-state index contributed by atoms with van der Waals surface area (Å²) in [4.78, 5) is 29.8. The van der Waals surface area contributed by atoms with Crippen LogP contribution in [-0.4, -0.2) is 40.8 Å². The SMILES string of the molecule is Cc1cccc(NC(=O)[C@H]2CCCN([C@H](C)C(N)=O)C2)n1. The van der Waals surface area contributed by atoms with E-state index in [-0.39, 0.29) is 23.8 Å². The van der Waals surface area contributed by atoms with Gasteiger partial charge in [0.25, 0.3) is 0 Å². The molecule has 2 rings (SSSR count). The molecule has 3 N–H and O–H groups in total. The van der Waals surface area contributed by atoms with Crippen molar-refractivity contribution in [3.63, 3.8) is 0 Å². The lowest BCUT2D eigenvalue weighted by molar-refractivity contribution is -0.127. The minimum Gasteiger partial charge on any atom is -0.368 e. The van der Waals surface area contributed by atoms with E-state index in [4.69, 9.17) is 5.73 Å². The van der Waals surface area contributed by atoms with Crippen LogP contribution >= 0.6 is 0 Å². The van der Waals surface area contributed by atoms with Crippen molar-refractivity contribution in [1.29, 1.82) is 0 Å². The zero-order valence-electron chi connectivity index (χ0n) is 12.5. The lowest BCUT2D eigenvalue weighted by Crippen LogP contribution is -2.49. The van der Waals surface area contributed by atoms with Gasteiger partial charge in [-0.1, -0.05) is 6.07 Å². The maximum absolute atomic E-state index is 12.3. The summed E-state index contributed by atoms with van der Waals surface area (Å²) in [5, 5.41) is 2.85. The van der Waals surface area contributed by atoms with Crippen LogP contribution in [-0.2, 0) is 9.59 Å². The number of piperidine rings is 1. The van der Waals surface area contributed by atoms with Crippen LogP contribution in [0.25, 0.3) is 0 Å². The minimum atomic E-state index is -0.351. The topological polar surface area (TPSA) is 88.3 Å². The molecule has 6 nitrogen and oxygen atoms in total. The molecule has 0 radical (unpaired) electrons. The number of primary amides is 1. The molecule has 0 bridgehead atoms. The van der Waals surface area contributed by atoms with Gasteiger partial charge >= 0.3 is 0 Å². The van der Waals surface area contributed by atoms with Crippen LogP contribution in [0.1, 0.15) is 25.5 Å². The Bertz CT molecular complexity index is 532. The molecule has 1 aliphatic rings. The molecule has 1 saturated heterocycles. The molecule has 1 fully saturated rings. The number of likely N-dealkylation sites (tertiary alicyclic amines) is 1. The first-order chi connectivity index (χ1) is 9.97. The first kappa shape index (κ1) is 15.4. The van der Waals surface area contributed by atoms with E-state index in [0.717, 1.165) is 25.1 Å². The maximum Gasteiger partial charge on any atom is 0.234 e. The van der Waals surface area contributed by atoms with Crippen LogP contribution < -0.4 is 11.1 Å². The molecule has 1 aromatic rings. The molecule has 2 heterocycles. The molecule has 1 aliphatic heterocycles. The van der Waals surface area contributed by atoms with Crippen LogP contribution in [0.3, 0.4) is 0 Å². The lowest BCUT2D eigenvalue weighted by atomic mass is 9.96. The van der Waals surface area contributed by atoms with Gasteiger partial charge in [-0.3, -0.25) is 14.5 Å². The molecule has 0 spiro atoms. The van der Waals surface area contributed by atoms with Crippen molar-refractivity contribution in [1.82, 2.24) is 9.88 Å². The Morgan fingerprint density at radius 2 is 2.24 bits per heavy atom. The van der Waals surface area contributed by atoms with Crippen LogP contribution in [0.4, 0.5) is 5.82 Å². The predicted molar refractivity (Wildman–Crippen MR) is 80.6 cm³/mol. The predicted octanol–water partition coefficient (Wildman–Crippen LogP) is 0.914. The van der Waals surface area contributed by atoms with E-state index >= 15 is 0 Å². The van der Waals surface area contributed by atoms with E-state index in [9.17, 15) is 9.59 Å². The second-order valence-electron chi connectivity index (χ2n) is 5.57. The zero-order valence-corrected chi connectivity index (χ0v) is 12.5. The number of hydrogen-bond donors (Lipinski definition) is 2. The van der Waals surface area contributed by atoms with E-state index in [1.807, 2.05) is 24.0 Å². The van der Waals surface area contributed by atoms with Gasteiger partial charge in [0, 0.05) is 12.2 Å². The third-order valence-electron chi connectivity index (χ3n) is 3.92. The number of pyridine rings is 1. The van der Waals surface area contributed by atoms with Gasteiger partial charge < -0.3 is 11.1 Å². The summed E-state index contributed by atoms with van der Waals surface area (Å²) in [5.41, 5.74) is 6.20. The van der Waals surface area contributed by atoms with E-state index in [1.165, 1.54) is 0 Å². The van der Waals surface area contributed by atoms with Crippen molar-refractivity contribution < 1.29 is 9.59 Å². The van der Waals surface area contributed by atoms with Gasteiger partial charge in [0.1, 0.15) is 5.82 Å². The Morgan fingerprint density at radius 1 is 1.48 bits per heavy atom. The van der Waals surface area contributed by atoms with Crippen LogP contribution in [0, 0.1) is 12.8 Å². The summed E-state index contributed by atoms with van der Waals surface area (Å²) < 4.78 is 0. The number of amides is 2. The van der Waals surface area contributed by atoms with Crippen molar-refractivity contribution in [2.75, 3.05) is 18.4 Å². The average molecular weight is 290 g/mol. The normalized spacial score (nSPS) is 20.8. The molecule has 114 valence electrons. The van der Waals surface area contributed by atoms with Gasteiger partial charge in [-0.15, -0.1) is 0 Å². The Morgan fingerprint density at radius 3 is 2.90 bits per heavy atom. The van der Waals surface area contributed by atoms with Gasteiger partial charge in [0.2, 0.25) is 11.8 Å². The fourth-order valence-electron chi connectivity index (χ4n) is 2.59. The van der Waals surface area contributed by atoms with Crippen molar-refractivity contribution in [3.05, 3.63) is 23.9 Å². The largest absolute Gasteiger partial charge is 0.368 e. The Hall–Kier alpha value is -1.95. The molecular weight excluding hydrogens is 268 g/mol. The van der Waals surface area contributed by atoms with Gasteiger partial charge in [-0.2, -0.15) is 0 Å². The number of nitrogens with zero attached hydrogens (tertiary/aromatic N) is 2. The molecule has 0 aliphatic carbocycles. The van der Waals surface area contributed by atoms with Gasteiger partial charge in [-0.25, -0.2) is 4.98 Å². The van der Waals surface area contributed by atoms with Gasteiger partial charge in [0.05, 0.1) is 12.0 Å². The van der Waals surface area contributed by atoms with E-state index in [0.29, 0.717) is 12.4 Å². The Labute approximate surface area is 124 Å². The molecule has 2 amide bonds. The summed E-state index contributed by atoms with van der Waals surface area (Å²) in [5.74, 6) is 0.0359. The third-order valence-corrected chi connectivity index (χ3v) is 3.92. The van der Waals surface area contributed by atoms with Gasteiger partial charge in [0.15, 0.2) is 0 Å². The van der Waals surface area contributed by atoms with Crippen molar-refractivity contribution in [2.24, 2.45) is 11.7 Å². The van der Waals surface area contributed by atoms with Crippen molar-refractivity contribution >= 4 is 17.6 Å². The minimum absolute atomic E-state index is 0.0468.